The van der Waals surface area contributed by atoms with E-state index in [1.54, 1.807) is 13.8 Å². The lowest BCUT2D eigenvalue weighted by Gasteiger charge is -2.34. The molecule has 2 rings (SSSR count). The molecule has 0 bridgehead atoms. The van der Waals surface area contributed by atoms with Gasteiger partial charge in [0.15, 0.2) is 5.78 Å². The fourth-order valence-electron chi connectivity index (χ4n) is 3.70. The molecular formula is C21H34O6. The van der Waals surface area contributed by atoms with Gasteiger partial charge in [0.05, 0.1) is 17.3 Å². The summed E-state index contributed by atoms with van der Waals surface area (Å²) in [5, 5.41) is 41.5. The Morgan fingerprint density at radius 2 is 1.96 bits per heavy atom. The summed E-state index contributed by atoms with van der Waals surface area (Å²) >= 11 is 0. The number of Topliss-reactive ketones (excluding diaryl/α,β-unsaturated/α-hetero) is 1. The van der Waals surface area contributed by atoms with Gasteiger partial charge in [0.25, 0.3) is 0 Å². The fraction of sp³-hybridized carbons (Fsp3) is 0.762. The number of aliphatic hydroxyl groups excluding tert-OH is 2. The molecule has 1 aliphatic heterocycles. The SMILES string of the molecule is CC(C)=CCC[C@](C)(O)[C@H](O)CC[C@](C)(O)[C@@H]1CC2=C(CC[C@@H](O)C2=O)O1. The summed E-state index contributed by atoms with van der Waals surface area (Å²) in [6.45, 7) is 7.21. The zero-order valence-electron chi connectivity index (χ0n) is 16.9. The second-order valence-electron chi connectivity index (χ2n) is 8.72. The van der Waals surface area contributed by atoms with Gasteiger partial charge < -0.3 is 25.2 Å². The molecule has 0 unspecified atom stereocenters. The van der Waals surface area contributed by atoms with Gasteiger partial charge in [-0.15, -0.1) is 0 Å². The average Bonchev–Trinajstić information content (AvgIpc) is 3.01. The predicted molar refractivity (Wildman–Crippen MR) is 102 cm³/mol. The molecule has 5 atom stereocenters. The highest BCUT2D eigenvalue weighted by molar-refractivity contribution is 6.00. The molecule has 1 heterocycles. The molecule has 0 saturated carbocycles. The molecule has 1 aliphatic carbocycles. The van der Waals surface area contributed by atoms with Gasteiger partial charge in [-0.2, -0.15) is 0 Å². The number of rotatable bonds is 8. The van der Waals surface area contributed by atoms with E-state index < -0.39 is 29.5 Å². The van der Waals surface area contributed by atoms with Crippen LogP contribution in [0.1, 0.15) is 72.6 Å². The number of ketones is 1. The minimum Gasteiger partial charge on any atom is -0.491 e. The number of aliphatic hydroxyl groups is 4. The van der Waals surface area contributed by atoms with Crippen LogP contribution in [0, 0.1) is 0 Å². The average molecular weight is 382 g/mol. The zero-order valence-corrected chi connectivity index (χ0v) is 16.9. The summed E-state index contributed by atoms with van der Waals surface area (Å²) in [4.78, 5) is 12.1. The van der Waals surface area contributed by atoms with Crippen molar-refractivity contribution in [2.45, 2.75) is 102 Å². The third-order valence-corrected chi connectivity index (χ3v) is 5.79. The molecule has 6 nitrogen and oxygen atoms in total. The van der Waals surface area contributed by atoms with E-state index >= 15 is 0 Å². The van der Waals surface area contributed by atoms with Crippen LogP contribution in [0.25, 0.3) is 0 Å². The fourth-order valence-corrected chi connectivity index (χ4v) is 3.70. The Morgan fingerprint density at radius 1 is 1.30 bits per heavy atom. The van der Waals surface area contributed by atoms with Gasteiger partial charge in [0, 0.05) is 18.4 Å². The molecule has 154 valence electrons. The van der Waals surface area contributed by atoms with Crippen LogP contribution in [0.2, 0.25) is 0 Å². The van der Waals surface area contributed by atoms with E-state index in [4.69, 9.17) is 4.74 Å². The van der Waals surface area contributed by atoms with Gasteiger partial charge in [-0.25, -0.2) is 0 Å². The maximum Gasteiger partial charge on any atom is 0.190 e. The highest BCUT2D eigenvalue weighted by Crippen LogP contribution is 2.39. The summed E-state index contributed by atoms with van der Waals surface area (Å²) < 4.78 is 5.80. The van der Waals surface area contributed by atoms with Crippen molar-refractivity contribution in [1.82, 2.24) is 0 Å². The monoisotopic (exact) mass is 382 g/mol. The first kappa shape index (κ1) is 22.1. The zero-order chi connectivity index (χ0) is 20.4. The molecule has 0 aromatic rings. The first-order valence-electron chi connectivity index (χ1n) is 9.81. The molecular weight excluding hydrogens is 348 g/mol. The molecule has 0 fully saturated rings. The second-order valence-corrected chi connectivity index (χ2v) is 8.72. The molecule has 4 N–H and O–H groups in total. The Kier molecular flexibility index (Phi) is 6.90. The summed E-state index contributed by atoms with van der Waals surface area (Å²) in [7, 11) is 0. The van der Waals surface area contributed by atoms with Crippen molar-refractivity contribution >= 4 is 5.78 Å². The predicted octanol–water partition coefficient (Wildman–Crippen LogP) is 2.14. The number of hydrogen-bond donors (Lipinski definition) is 4. The van der Waals surface area contributed by atoms with Gasteiger partial charge in [-0.05, 0) is 59.8 Å². The topological polar surface area (TPSA) is 107 Å². The van der Waals surface area contributed by atoms with Gasteiger partial charge in [-0.1, -0.05) is 11.6 Å². The summed E-state index contributed by atoms with van der Waals surface area (Å²) in [6, 6.07) is 0. The van der Waals surface area contributed by atoms with Gasteiger partial charge in [0.2, 0.25) is 0 Å². The molecule has 0 aromatic heterocycles. The van der Waals surface area contributed by atoms with E-state index in [9.17, 15) is 25.2 Å². The van der Waals surface area contributed by atoms with Gasteiger partial charge in [0.1, 0.15) is 18.0 Å². The molecule has 6 heteroatoms. The molecule has 0 saturated heterocycles. The van der Waals surface area contributed by atoms with Gasteiger partial charge >= 0.3 is 0 Å². The molecule has 0 radical (unpaired) electrons. The molecule has 0 spiro atoms. The Morgan fingerprint density at radius 3 is 2.59 bits per heavy atom. The summed E-state index contributed by atoms with van der Waals surface area (Å²) in [6.07, 6.45) is 2.16. The van der Waals surface area contributed by atoms with E-state index in [1.807, 2.05) is 19.9 Å². The smallest absolute Gasteiger partial charge is 0.190 e. The number of allylic oxidation sites excluding steroid dienone is 3. The van der Waals surface area contributed by atoms with Gasteiger partial charge in [-0.3, -0.25) is 4.79 Å². The van der Waals surface area contributed by atoms with Crippen LogP contribution in [-0.4, -0.2) is 55.7 Å². The van der Waals surface area contributed by atoms with Crippen LogP contribution in [0.4, 0.5) is 0 Å². The number of ether oxygens (including phenoxy) is 1. The van der Waals surface area contributed by atoms with Crippen LogP contribution < -0.4 is 0 Å². The maximum atomic E-state index is 12.1. The third-order valence-electron chi connectivity index (χ3n) is 5.79. The van der Waals surface area contributed by atoms with Crippen molar-refractivity contribution in [3.63, 3.8) is 0 Å². The quantitative estimate of drug-likeness (QED) is 0.479. The van der Waals surface area contributed by atoms with Crippen molar-refractivity contribution in [2.24, 2.45) is 0 Å². The molecule has 0 amide bonds. The Hall–Kier alpha value is -1.21. The Bertz CT molecular complexity index is 612. The highest BCUT2D eigenvalue weighted by atomic mass is 16.5. The largest absolute Gasteiger partial charge is 0.491 e. The third kappa shape index (κ3) is 5.41. The van der Waals surface area contributed by atoms with E-state index in [-0.39, 0.29) is 25.0 Å². The Balaban J connectivity index is 1.89. The van der Waals surface area contributed by atoms with Crippen LogP contribution >= 0.6 is 0 Å². The lowest BCUT2D eigenvalue weighted by Crippen LogP contribution is -2.44. The molecule has 27 heavy (non-hydrogen) atoms. The lowest BCUT2D eigenvalue weighted by atomic mass is 9.83. The number of hydrogen-bond acceptors (Lipinski definition) is 6. The van der Waals surface area contributed by atoms with Crippen molar-refractivity contribution in [1.29, 1.82) is 0 Å². The maximum absolute atomic E-state index is 12.1. The standard InChI is InChI=1S/C21H34O6/c1-13(2)6-5-10-20(3,25)17(23)9-11-21(4,26)18-12-14-16(27-18)8-7-15(22)19(14)24/h6,15,17-18,22-23,25-26H,5,7-12H2,1-4H3/t15-,17-,18+,20+,21+/m1/s1. The Labute approximate surface area is 161 Å². The first-order valence-corrected chi connectivity index (χ1v) is 9.81. The van der Waals surface area contributed by atoms with E-state index in [1.165, 1.54) is 0 Å². The van der Waals surface area contributed by atoms with E-state index in [2.05, 4.69) is 0 Å². The van der Waals surface area contributed by atoms with Crippen molar-refractivity contribution in [3.05, 3.63) is 23.0 Å². The van der Waals surface area contributed by atoms with Crippen LogP contribution in [-0.2, 0) is 9.53 Å². The van der Waals surface area contributed by atoms with Crippen LogP contribution in [0.5, 0.6) is 0 Å². The minimum atomic E-state index is -1.25. The van der Waals surface area contributed by atoms with Crippen LogP contribution in [0.3, 0.4) is 0 Å². The number of carbonyl (C=O) groups excluding carboxylic acids is 1. The highest BCUT2D eigenvalue weighted by Gasteiger charge is 2.44. The molecule has 0 aromatic carbocycles. The normalized spacial score (nSPS) is 28.1. The van der Waals surface area contributed by atoms with Crippen molar-refractivity contribution in [2.75, 3.05) is 0 Å². The molecule has 2 aliphatic rings. The van der Waals surface area contributed by atoms with Crippen molar-refractivity contribution in [3.8, 4) is 0 Å². The second kappa shape index (κ2) is 8.43. The summed E-state index contributed by atoms with van der Waals surface area (Å²) in [5.74, 6) is 0.265. The first-order chi connectivity index (χ1) is 12.4. The lowest BCUT2D eigenvalue weighted by molar-refractivity contribution is -0.124. The van der Waals surface area contributed by atoms with E-state index in [0.717, 1.165) is 5.57 Å². The number of carbonyl (C=O) groups is 1. The van der Waals surface area contributed by atoms with Crippen molar-refractivity contribution < 1.29 is 30.0 Å². The van der Waals surface area contributed by atoms with E-state index in [0.29, 0.717) is 37.0 Å². The summed E-state index contributed by atoms with van der Waals surface area (Å²) in [5.41, 5.74) is -0.846. The van der Waals surface area contributed by atoms with Crippen LogP contribution in [0.15, 0.2) is 23.0 Å². The minimum absolute atomic E-state index is 0.218.